The molecule has 0 radical (unpaired) electrons. The largest absolute Gasteiger partial charge is 0.493 e. The van der Waals surface area contributed by atoms with E-state index >= 15 is 0 Å². The Kier molecular flexibility index (Phi) is 8.14. The second kappa shape index (κ2) is 11.0. The monoisotopic (exact) mass is 440 g/mol. The van der Waals surface area contributed by atoms with Crippen LogP contribution in [0.4, 0.5) is 0 Å². The summed E-state index contributed by atoms with van der Waals surface area (Å²) in [7, 11) is 2.14. The van der Waals surface area contributed by atoms with Crippen molar-refractivity contribution in [2.24, 2.45) is 5.73 Å². The number of carbonyl (C=O) groups is 1. The van der Waals surface area contributed by atoms with E-state index in [1.807, 2.05) is 24.3 Å². The van der Waals surface area contributed by atoms with E-state index < -0.39 is 11.9 Å². The Morgan fingerprint density at radius 1 is 1.28 bits per heavy atom. The van der Waals surface area contributed by atoms with E-state index in [1.54, 1.807) is 13.8 Å². The maximum Gasteiger partial charge on any atom is 0.338 e. The van der Waals surface area contributed by atoms with Crippen molar-refractivity contribution in [3.05, 3.63) is 52.6 Å². The zero-order chi connectivity index (χ0) is 23.1. The van der Waals surface area contributed by atoms with Crippen LogP contribution in [0, 0.1) is 11.3 Å². The first-order valence-corrected chi connectivity index (χ1v) is 11.0. The highest BCUT2D eigenvalue weighted by molar-refractivity contribution is 5.92. The highest BCUT2D eigenvalue weighted by atomic mass is 16.5. The molecule has 1 saturated heterocycles. The minimum atomic E-state index is -0.707. The first-order valence-electron chi connectivity index (χ1n) is 11.0. The molecule has 1 fully saturated rings. The number of hydrogen-bond donors (Lipinski definition) is 1. The predicted octanol–water partition coefficient (Wildman–Crippen LogP) is 2.35. The van der Waals surface area contributed by atoms with E-state index in [9.17, 15) is 10.1 Å². The maximum atomic E-state index is 12.7. The van der Waals surface area contributed by atoms with Gasteiger partial charge in [-0.25, -0.2) is 4.79 Å². The number of nitrogens with two attached hydrogens (primary N) is 1. The van der Waals surface area contributed by atoms with Crippen molar-refractivity contribution in [2.45, 2.75) is 26.2 Å². The van der Waals surface area contributed by atoms with Gasteiger partial charge in [0.05, 0.1) is 24.7 Å². The van der Waals surface area contributed by atoms with Crippen LogP contribution in [0.15, 0.2) is 47.1 Å². The Hall–Kier alpha value is -3.02. The molecule has 2 aliphatic rings. The number of carbonyl (C=O) groups excluding carboxylic acids is 1. The number of rotatable bonds is 8. The highest BCUT2D eigenvalue weighted by Gasteiger charge is 2.37. The molecule has 0 spiro atoms. The number of ether oxygens (including phenoxy) is 3. The number of hydrogen-bond acceptors (Lipinski definition) is 8. The molecule has 2 N–H and O–H groups in total. The lowest BCUT2D eigenvalue weighted by Crippen LogP contribution is -2.44. The fourth-order valence-electron chi connectivity index (χ4n) is 4.06. The molecule has 1 unspecified atom stereocenters. The van der Waals surface area contributed by atoms with Gasteiger partial charge in [0.1, 0.15) is 23.2 Å². The molecule has 8 heteroatoms. The van der Waals surface area contributed by atoms with E-state index in [0.717, 1.165) is 39.1 Å². The molecule has 3 rings (SSSR count). The van der Waals surface area contributed by atoms with E-state index in [0.29, 0.717) is 23.7 Å². The lowest BCUT2D eigenvalue weighted by molar-refractivity contribution is -0.139. The summed E-state index contributed by atoms with van der Waals surface area (Å²) in [6, 6.07) is 9.54. The Labute approximate surface area is 189 Å². The number of allylic oxidation sites excluding steroid dienone is 2. The Morgan fingerprint density at radius 3 is 2.69 bits per heavy atom. The van der Waals surface area contributed by atoms with Gasteiger partial charge in [0.15, 0.2) is 0 Å². The van der Waals surface area contributed by atoms with Crippen LogP contribution in [0.25, 0.3) is 0 Å². The van der Waals surface area contributed by atoms with Gasteiger partial charge >= 0.3 is 5.97 Å². The van der Waals surface area contributed by atoms with Gasteiger partial charge in [0.25, 0.3) is 0 Å². The van der Waals surface area contributed by atoms with Crippen molar-refractivity contribution in [2.75, 3.05) is 53.0 Å². The minimum absolute atomic E-state index is 0.00656. The SMILES string of the molecule is CCOC(=O)C1=C(C)OC(N)=C(C#N)C1c1ccccc1OCCCN1CCN(C)CC1. The number of piperazine rings is 1. The summed E-state index contributed by atoms with van der Waals surface area (Å²) >= 11 is 0. The number of benzene rings is 1. The van der Waals surface area contributed by atoms with Crippen LogP contribution in [0.5, 0.6) is 5.75 Å². The zero-order valence-corrected chi connectivity index (χ0v) is 19.1. The fraction of sp³-hybridized carbons (Fsp3) is 0.500. The third-order valence-corrected chi connectivity index (χ3v) is 5.80. The van der Waals surface area contributed by atoms with Crippen molar-refractivity contribution in [1.29, 1.82) is 5.26 Å². The summed E-state index contributed by atoms with van der Waals surface area (Å²) in [6.07, 6.45) is 0.883. The van der Waals surface area contributed by atoms with Gasteiger partial charge in [-0.05, 0) is 33.4 Å². The third kappa shape index (κ3) is 5.42. The Bertz CT molecular complexity index is 926. The summed E-state index contributed by atoms with van der Waals surface area (Å²) in [5, 5.41) is 9.78. The van der Waals surface area contributed by atoms with E-state index in [1.165, 1.54) is 0 Å². The minimum Gasteiger partial charge on any atom is -0.493 e. The molecule has 1 atom stereocenters. The predicted molar refractivity (Wildman–Crippen MR) is 120 cm³/mol. The Balaban J connectivity index is 1.78. The summed E-state index contributed by atoms with van der Waals surface area (Å²) in [4.78, 5) is 17.5. The Morgan fingerprint density at radius 2 is 2.00 bits per heavy atom. The molecule has 32 heavy (non-hydrogen) atoms. The van der Waals surface area contributed by atoms with E-state index in [-0.39, 0.29) is 23.6 Å². The van der Waals surface area contributed by atoms with Crippen LogP contribution >= 0.6 is 0 Å². The summed E-state index contributed by atoms with van der Waals surface area (Å²) in [6.45, 7) is 9.41. The van der Waals surface area contributed by atoms with Crippen molar-refractivity contribution >= 4 is 5.97 Å². The molecule has 0 aromatic heterocycles. The molecule has 1 aromatic carbocycles. The number of nitriles is 1. The highest BCUT2D eigenvalue weighted by Crippen LogP contribution is 2.42. The first-order chi connectivity index (χ1) is 15.5. The third-order valence-electron chi connectivity index (χ3n) is 5.80. The molecule has 172 valence electrons. The molecule has 0 aliphatic carbocycles. The molecule has 8 nitrogen and oxygen atoms in total. The smallest absolute Gasteiger partial charge is 0.338 e. The van der Waals surface area contributed by atoms with Gasteiger partial charge in [0.2, 0.25) is 5.88 Å². The summed E-state index contributed by atoms with van der Waals surface area (Å²) in [5.74, 6) is -0.294. The van der Waals surface area contributed by atoms with Gasteiger partial charge < -0.3 is 29.7 Å². The van der Waals surface area contributed by atoms with Crippen LogP contribution in [0.3, 0.4) is 0 Å². The quantitative estimate of drug-likeness (QED) is 0.486. The normalized spacial score (nSPS) is 20.0. The number of likely N-dealkylation sites (N-methyl/N-ethyl adjacent to an activating group) is 1. The van der Waals surface area contributed by atoms with Crippen LogP contribution in [0.2, 0.25) is 0 Å². The molecule has 0 amide bonds. The molecule has 2 aliphatic heterocycles. The average molecular weight is 441 g/mol. The molecular formula is C24H32N4O4. The molecule has 0 bridgehead atoms. The lowest BCUT2D eigenvalue weighted by Gasteiger charge is -2.32. The van der Waals surface area contributed by atoms with Crippen LogP contribution in [-0.2, 0) is 14.3 Å². The second-order valence-corrected chi connectivity index (χ2v) is 8.00. The number of para-hydroxylation sites is 1. The molecular weight excluding hydrogens is 408 g/mol. The van der Waals surface area contributed by atoms with Crippen molar-refractivity contribution in [1.82, 2.24) is 9.80 Å². The van der Waals surface area contributed by atoms with Crippen LogP contribution < -0.4 is 10.5 Å². The van der Waals surface area contributed by atoms with Gasteiger partial charge in [0, 0.05) is 38.3 Å². The molecule has 2 heterocycles. The van der Waals surface area contributed by atoms with Crippen LogP contribution in [-0.4, -0.2) is 68.8 Å². The number of nitrogens with zero attached hydrogens (tertiary/aromatic N) is 3. The van der Waals surface area contributed by atoms with Gasteiger partial charge in [-0.15, -0.1) is 0 Å². The van der Waals surface area contributed by atoms with Crippen LogP contribution in [0.1, 0.15) is 31.7 Å². The topological polar surface area (TPSA) is 101 Å². The van der Waals surface area contributed by atoms with Crippen molar-refractivity contribution in [3.63, 3.8) is 0 Å². The number of esters is 1. The van der Waals surface area contributed by atoms with Gasteiger partial charge in [-0.1, -0.05) is 18.2 Å². The van der Waals surface area contributed by atoms with E-state index in [4.69, 9.17) is 19.9 Å². The average Bonchev–Trinajstić information content (AvgIpc) is 2.78. The lowest BCUT2D eigenvalue weighted by atomic mass is 9.82. The standard InChI is InChI=1S/C24H32N4O4/c1-4-30-24(29)21-17(2)32-23(26)19(16-25)22(21)18-8-5-6-9-20(18)31-15-7-10-28-13-11-27(3)12-14-28/h5-6,8-9,22H,4,7,10-15,26H2,1-3H3. The van der Waals surface area contributed by atoms with Crippen molar-refractivity contribution < 1.29 is 19.0 Å². The second-order valence-electron chi connectivity index (χ2n) is 8.00. The molecule has 1 aromatic rings. The van der Waals surface area contributed by atoms with E-state index in [2.05, 4.69) is 22.9 Å². The van der Waals surface area contributed by atoms with Crippen molar-refractivity contribution in [3.8, 4) is 11.8 Å². The summed E-state index contributed by atoms with van der Waals surface area (Å²) < 4.78 is 16.9. The zero-order valence-electron chi connectivity index (χ0n) is 19.1. The van der Waals surface area contributed by atoms with Gasteiger partial charge in [-0.3, -0.25) is 0 Å². The maximum absolute atomic E-state index is 12.7. The molecule has 0 saturated carbocycles. The van der Waals surface area contributed by atoms with Gasteiger partial charge in [-0.2, -0.15) is 5.26 Å². The first kappa shape index (κ1) is 23.6. The summed E-state index contributed by atoms with van der Waals surface area (Å²) in [5.41, 5.74) is 7.14. The fourth-order valence-corrected chi connectivity index (χ4v) is 4.06.